The van der Waals surface area contributed by atoms with Crippen LogP contribution < -0.4 is 25.0 Å². The van der Waals surface area contributed by atoms with Gasteiger partial charge in [0.1, 0.15) is 11.2 Å². The average Bonchev–Trinajstić information content (AvgIpc) is 3.69. The third-order valence-electron chi connectivity index (χ3n) is 7.68. The van der Waals surface area contributed by atoms with Gasteiger partial charge in [-0.2, -0.15) is 4.57 Å². The Morgan fingerprint density at radius 1 is 0.809 bits per heavy atom. The first-order chi connectivity index (χ1) is 22.8. The molecule has 4 aromatic rings. The zero-order chi connectivity index (χ0) is 33.1. The predicted molar refractivity (Wildman–Crippen MR) is 200 cm³/mol. The Kier molecular flexibility index (Phi) is 9.86. The van der Waals surface area contributed by atoms with Crippen molar-refractivity contribution < 1.29 is 14.2 Å². The number of rotatable bonds is 9. The van der Waals surface area contributed by atoms with Crippen LogP contribution in [0.15, 0.2) is 97.7 Å². The lowest BCUT2D eigenvalue weighted by atomic mass is 10.2. The van der Waals surface area contributed by atoms with Crippen molar-refractivity contribution in [1.29, 1.82) is 0 Å². The number of thioether (sulfide) groups is 2. The van der Waals surface area contributed by atoms with Crippen LogP contribution in [0.5, 0.6) is 0 Å². The molecule has 0 spiro atoms. The Morgan fingerprint density at radius 2 is 1.43 bits per heavy atom. The largest absolute Gasteiger partial charge is 0.335 e. The van der Waals surface area contributed by atoms with Gasteiger partial charge < -0.3 is 20.4 Å². The van der Waals surface area contributed by atoms with Gasteiger partial charge in [0.05, 0.1) is 27.1 Å². The number of benzene rings is 3. The number of allylic oxidation sites excluding steroid dienone is 3. The number of thiazole rings is 1. The number of nitrogens with one attached hydrogen (secondary N) is 2. The highest BCUT2D eigenvalue weighted by atomic mass is 32.2. The third-order valence-corrected chi connectivity index (χ3v) is 11.0. The van der Waals surface area contributed by atoms with Crippen molar-refractivity contribution in [2.24, 2.45) is 4.99 Å². The van der Waals surface area contributed by atoms with Crippen LogP contribution in [-0.2, 0) is 16.1 Å². The summed E-state index contributed by atoms with van der Waals surface area (Å²) in [5, 5.41) is 9.19. The van der Waals surface area contributed by atoms with Crippen LogP contribution >= 0.6 is 34.9 Å². The van der Waals surface area contributed by atoms with Crippen LogP contribution in [0.3, 0.4) is 0 Å². The Labute approximate surface area is 288 Å². The Morgan fingerprint density at radius 3 is 2.09 bits per heavy atom. The van der Waals surface area contributed by atoms with Gasteiger partial charge in [0.25, 0.3) is 5.01 Å². The molecule has 0 bridgehead atoms. The van der Waals surface area contributed by atoms with E-state index in [2.05, 4.69) is 100 Å². The van der Waals surface area contributed by atoms with E-state index >= 15 is 0 Å². The second-order valence-corrected chi connectivity index (χ2v) is 14.1. The van der Waals surface area contributed by atoms with E-state index < -0.39 is 0 Å². The molecule has 2 aliphatic heterocycles. The highest BCUT2D eigenvalue weighted by molar-refractivity contribution is 8.04. The van der Waals surface area contributed by atoms with E-state index in [1.165, 1.54) is 29.5 Å². The molecule has 0 aliphatic carbocycles. The summed E-state index contributed by atoms with van der Waals surface area (Å²) in [5.41, 5.74) is 6.02. The van der Waals surface area contributed by atoms with Crippen LogP contribution in [-0.4, -0.2) is 31.1 Å². The monoisotopic (exact) mass is 681 g/mol. The second kappa shape index (κ2) is 14.2. The predicted octanol–water partition coefficient (Wildman–Crippen LogP) is 8.79. The van der Waals surface area contributed by atoms with Gasteiger partial charge >= 0.3 is 0 Å². The zero-order valence-electron chi connectivity index (χ0n) is 27.0. The first-order valence-electron chi connectivity index (χ1n) is 15.6. The lowest BCUT2D eigenvalue weighted by Gasteiger charge is -2.17. The molecule has 1 aromatic heterocycles. The molecule has 0 atom stereocenters. The van der Waals surface area contributed by atoms with Crippen molar-refractivity contribution in [2.45, 2.75) is 51.0 Å². The first-order valence-corrected chi connectivity index (χ1v) is 18.1. The number of nitrogens with zero attached hydrogens (tertiary/aromatic N) is 4. The van der Waals surface area contributed by atoms with Gasteiger partial charge in [-0.3, -0.25) is 14.6 Å². The molecular formula is C36H37N6O2S3+. The fourth-order valence-electron chi connectivity index (χ4n) is 5.70. The molecule has 0 radical (unpaired) electrons. The van der Waals surface area contributed by atoms with Crippen LogP contribution in [0.4, 0.5) is 28.4 Å². The van der Waals surface area contributed by atoms with E-state index in [0.717, 1.165) is 67.5 Å². The summed E-state index contributed by atoms with van der Waals surface area (Å²) < 4.78 is 3.44. The summed E-state index contributed by atoms with van der Waals surface area (Å²) in [6.45, 7) is 12.1. The van der Waals surface area contributed by atoms with Gasteiger partial charge in [-0.25, -0.2) is 0 Å². The van der Waals surface area contributed by atoms with Gasteiger partial charge in [-0.15, -0.1) is 0 Å². The molecule has 0 saturated carbocycles. The molecule has 3 heterocycles. The summed E-state index contributed by atoms with van der Waals surface area (Å²) in [6, 6.07) is 18.5. The van der Waals surface area contributed by atoms with Crippen molar-refractivity contribution in [1.82, 2.24) is 0 Å². The minimum Gasteiger partial charge on any atom is -0.335 e. The van der Waals surface area contributed by atoms with Gasteiger partial charge in [-0.05, 0) is 81.5 Å². The fourth-order valence-corrected chi connectivity index (χ4v) is 9.21. The van der Waals surface area contributed by atoms with E-state index in [1.807, 2.05) is 30.5 Å². The molecule has 2 N–H and O–H groups in total. The Balaban J connectivity index is 1.17. The molecule has 2 aliphatic rings. The normalized spacial score (nSPS) is 15.9. The molecular weight excluding hydrogens is 645 g/mol. The second-order valence-electron chi connectivity index (χ2n) is 10.9. The maximum Gasteiger partial charge on any atom is 0.262 e. The van der Waals surface area contributed by atoms with Gasteiger partial charge in [0.2, 0.25) is 17.3 Å². The number of fused-ring (bicyclic) bond motifs is 3. The van der Waals surface area contributed by atoms with Crippen molar-refractivity contribution >= 4 is 97.6 Å². The number of carbonyl (C=O) groups excluding carboxylic acids is 2. The fraction of sp³-hybridized carbons (Fsp3) is 0.222. The highest BCUT2D eigenvalue weighted by Gasteiger charge is 2.25. The van der Waals surface area contributed by atoms with Crippen molar-refractivity contribution in [3.05, 3.63) is 87.9 Å². The topological polar surface area (TPSA) is 80.9 Å². The quantitative estimate of drug-likeness (QED) is 0.136. The van der Waals surface area contributed by atoms with E-state index in [-0.39, 0.29) is 11.8 Å². The van der Waals surface area contributed by atoms with Crippen molar-refractivity contribution in [3.63, 3.8) is 0 Å². The zero-order valence-corrected chi connectivity index (χ0v) is 29.5. The minimum absolute atomic E-state index is 0.0688. The number of hydrogen-bond donors (Lipinski definition) is 2. The maximum atomic E-state index is 11.5. The molecule has 6 rings (SSSR count). The molecule has 47 heavy (non-hydrogen) atoms. The van der Waals surface area contributed by atoms with E-state index in [9.17, 15) is 9.59 Å². The summed E-state index contributed by atoms with van der Waals surface area (Å²) in [4.78, 5) is 34.7. The van der Waals surface area contributed by atoms with E-state index in [0.29, 0.717) is 0 Å². The van der Waals surface area contributed by atoms with Gasteiger partial charge in [0.15, 0.2) is 0 Å². The molecule has 2 amide bonds. The smallest absolute Gasteiger partial charge is 0.262 e. The molecule has 3 aromatic carbocycles. The summed E-state index contributed by atoms with van der Waals surface area (Å²) >= 11 is 5.17. The number of anilines is 4. The van der Waals surface area contributed by atoms with Crippen molar-refractivity contribution in [2.75, 3.05) is 33.5 Å². The Bertz CT molecular complexity index is 1990. The molecule has 0 unspecified atom stereocenters. The SMILES string of the molecule is CCN1/C(=C\C=C\c2sc3cc(NC(C)=O)ccc3[n+]2CC)Sc2cc(N=C/C=C3/Sc4cc(NC(C)=O)ccc4N3CC)ccc21. The Hall–Kier alpha value is -4.32. The van der Waals surface area contributed by atoms with Crippen molar-refractivity contribution in [3.8, 4) is 0 Å². The van der Waals surface area contributed by atoms with Crippen LogP contribution in [0, 0.1) is 0 Å². The maximum absolute atomic E-state index is 11.5. The lowest BCUT2D eigenvalue weighted by Crippen LogP contribution is -2.33. The molecule has 0 fully saturated rings. The summed E-state index contributed by atoms with van der Waals surface area (Å²) in [6.07, 6.45) is 10.4. The molecule has 11 heteroatoms. The highest BCUT2D eigenvalue weighted by Crippen LogP contribution is 2.48. The molecule has 0 saturated heterocycles. The number of aromatic nitrogens is 1. The standard InChI is InChI=1S/C36H36N6O2S3/c1-6-40-28-15-12-25(37-19-18-36-42(8-3)30-17-14-27(39-24(5)44)22-33(30)47-36)20-31(28)45-34(40)10-9-11-35-41(7-2)29-16-13-26(38-23(4)43)21-32(29)46-35/h9-22H,6-8H2,1-5H3,(H-,38,39,43,44)/p+1/b36-18+,37-19?. The van der Waals surface area contributed by atoms with E-state index in [4.69, 9.17) is 4.99 Å². The van der Waals surface area contributed by atoms with Crippen LogP contribution in [0.2, 0.25) is 0 Å². The average molecular weight is 682 g/mol. The number of amides is 2. The lowest BCUT2D eigenvalue weighted by molar-refractivity contribution is -0.665. The van der Waals surface area contributed by atoms with E-state index in [1.54, 1.807) is 34.9 Å². The number of hydrogen-bond acceptors (Lipinski definition) is 8. The number of carbonyl (C=O) groups is 2. The number of aryl methyl sites for hydroxylation is 1. The molecule has 8 nitrogen and oxygen atoms in total. The van der Waals surface area contributed by atoms with Crippen LogP contribution in [0.25, 0.3) is 16.3 Å². The first kappa shape index (κ1) is 32.6. The minimum atomic E-state index is -0.0753. The summed E-state index contributed by atoms with van der Waals surface area (Å²) in [7, 11) is 0. The van der Waals surface area contributed by atoms with Gasteiger partial charge in [-0.1, -0.05) is 40.9 Å². The molecule has 240 valence electrons. The third kappa shape index (κ3) is 7.02. The van der Waals surface area contributed by atoms with Crippen LogP contribution in [0.1, 0.15) is 39.6 Å². The summed E-state index contributed by atoms with van der Waals surface area (Å²) in [5.74, 6) is -0.144. The van der Waals surface area contributed by atoms with Gasteiger partial charge in [0, 0.05) is 66.5 Å². The number of aliphatic imine (C=N–C) groups is 1.